The van der Waals surface area contributed by atoms with Gasteiger partial charge < -0.3 is 4.74 Å². The molecule has 0 radical (unpaired) electrons. The summed E-state index contributed by atoms with van der Waals surface area (Å²) in [5.74, 6) is 2.29. The van der Waals surface area contributed by atoms with Gasteiger partial charge in [-0.3, -0.25) is 4.99 Å². The lowest BCUT2D eigenvalue weighted by Crippen LogP contribution is -2.09. The number of hydrogen-bond donors (Lipinski definition) is 0. The standard InChI is InChI=1S/C26H37NO/c1-5-8-18-27-19-22-12-16-25(17-13-22)28-20-23-10-14-24(15-11-23)26(9-6-2)21(4)7-3/h10-17,19,21,26H,5-9,18,20H2,1-4H3. The van der Waals surface area contributed by atoms with E-state index >= 15 is 0 Å². The van der Waals surface area contributed by atoms with E-state index in [0.717, 1.165) is 30.2 Å². The Balaban J connectivity index is 1.89. The number of aliphatic imine (C=N–C) groups is 1. The molecule has 2 atom stereocenters. The molecule has 0 N–H and O–H groups in total. The first-order chi connectivity index (χ1) is 13.7. The van der Waals surface area contributed by atoms with Crippen LogP contribution in [0.3, 0.4) is 0 Å². The smallest absolute Gasteiger partial charge is 0.119 e. The van der Waals surface area contributed by atoms with Crippen LogP contribution in [0.5, 0.6) is 5.75 Å². The fraction of sp³-hybridized carbons (Fsp3) is 0.500. The van der Waals surface area contributed by atoms with Crippen molar-refractivity contribution in [1.82, 2.24) is 0 Å². The van der Waals surface area contributed by atoms with Crippen molar-refractivity contribution in [3.8, 4) is 5.75 Å². The van der Waals surface area contributed by atoms with Gasteiger partial charge in [0.05, 0.1) is 0 Å². The minimum atomic E-state index is 0.603. The van der Waals surface area contributed by atoms with Crippen molar-refractivity contribution in [2.24, 2.45) is 10.9 Å². The molecule has 0 fully saturated rings. The number of unbranched alkanes of at least 4 members (excludes halogenated alkanes) is 1. The van der Waals surface area contributed by atoms with Crippen LogP contribution in [-0.4, -0.2) is 12.8 Å². The minimum absolute atomic E-state index is 0.603. The van der Waals surface area contributed by atoms with E-state index in [-0.39, 0.29) is 0 Å². The van der Waals surface area contributed by atoms with Crippen molar-refractivity contribution in [3.05, 3.63) is 65.2 Å². The van der Waals surface area contributed by atoms with Crippen LogP contribution in [0.25, 0.3) is 0 Å². The molecule has 0 aliphatic rings. The number of ether oxygens (including phenoxy) is 1. The van der Waals surface area contributed by atoms with E-state index in [2.05, 4.69) is 69.1 Å². The summed E-state index contributed by atoms with van der Waals surface area (Å²) < 4.78 is 5.96. The van der Waals surface area contributed by atoms with Gasteiger partial charge in [0, 0.05) is 12.8 Å². The van der Waals surface area contributed by atoms with Gasteiger partial charge in [-0.15, -0.1) is 0 Å². The Morgan fingerprint density at radius 1 is 0.929 bits per heavy atom. The summed E-state index contributed by atoms with van der Waals surface area (Å²) in [7, 11) is 0. The first-order valence-electron chi connectivity index (χ1n) is 11.0. The van der Waals surface area contributed by atoms with Gasteiger partial charge in [-0.05, 0) is 65.6 Å². The predicted octanol–water partition coefficient (Wildman–Crippen LogP) is 7.41. The molecule has 0 aliphatic heterocycles. The lowest BCUT2D eigenvalue weighted by molar-refractivity contribution is 0.306. The quantitative estimate of drug-likeness (QED) is 0.278. The van der Waals surface area contributed by atoms with Gasteiger partial charge in [-0.2, -0.15) is 0 Å². The molecule has 0 amide bonds. The number of nitrogens with zero attached hydrogens (tertiary/aromatic N) is 1. The first-order valence-corrected chi connectivity index (χ1v) is 11.0. The Bertz CT molecular complexity index is 687. The van der Waals surface area contributed by atoms with Crippen molar-refractivity contribution < 1.29 is 4.74 Å². The zero-order valence-corrected chi connectivity index (χ0v) is 18.2. The van der Waals surface area contributed by atoms with Crippen LogP contribution in [0.15, 0.2) is 53.5 Å². The van der Waals surface area contributed by atoms with Gasteiger partial charge in [0.25, 0.3) is 0 Å². The fourth-order valence-corrected chi connectivity index (χ4v) is 3.47. The lowest BCUT2D eigenvalue weighted by atomic mass is 9.82. The molecule has 2 aromatic rings. The highest BCUT2D eigenvalue weighted by Crippen LogP contribution is 2.31. The molecule has 0 bridgehead atoms. The van der Waals surface area contributed by atoms with Crippen molar-refractivity contribution in [2.75, 3.05) is 6.54 Å². The van der Waals surface area contributed by atoms with Gasteiger partial charge in [0.2, 0.25) is 0 Å². The van der Waals surface area contributed by atoms with Gasteiger partial charge in [0.15, 0.2) is 0 Å². The third-order valence-electron chi connectivity index (χ3n) is 5.51. The summed E-state index contributed by atoms with van der Waals surface area (Å²) in [5, 5.41) is 0. The molecule has 0 heterocycles. The highest BCUT2D eigenvalue weighted by Gasteiger charge is 2.16. The van der Waals surface area contributed by atoms with E-state index in [1.807, 2.05) is 18.3 Å². The van der Waals surface area contributed by atoms with E-state index in [1.165, 1.54) is 36.8 Å². The van der Waals surface area contributed by atoms with Crippen molar-refractivity contribution in [1.29, 1.82) is 0 Å². The number of benzene rings is 2. The van der Waals surface area contributed by atoms with E-state index in [0.29, 0.717) is 12.5 Å². The molecule has 28 heavy (non-hydrogen) atoms. The average molecular weight is 380 g/mol. The maximum atomic E-state index is 5.96. The third-order valence-corrected chi connectivity index (χ3v) is 5.51. The molecule has 0 aromatic heterocycles. The molecule has 2 nitrogen and oxygen atoms in total. The van der Waals surface area contributed by atoms with Crippen LogP contribution < -0.4 is 4.74 Å². The Kier molecular flexibility index (Phi) is 9.82. The summed E-state index contributed by atoms with van der Waals surface area (Å²) >= 11 is 0. The number of hydrogen-bond acceptors (Lipinski definition) is 2. The highest BCUT2D eigenvalue weighted by atomic mass is 16.5. The second-order valence-corrected chi connectivity index (χ2v) is 7.77. The van der Waals surface area contributed by atoms with Gasteiger partial charge in [-0.1, -0.05) is 71.2 Å². The van der Waals surface area contributed by atoms with Crippen LogP contribution in [0, 0.1) is 5.92 Å². The Hall–Kier alpha value is -2.09. The summed E-state index contributed by atoms with van der Waals surface area (Å²) in [5.41, 5.74) is 3.81. The molecule has 152 valence electrons. The van der Waals surface area contributed by atoms with Crippen molar-refractivity contribution in [3.63, 3.8) is 0 Å². The van der Waals surface area contributed by atoms with Gasteiger partial charge in [0.1, 0.15) is 12.4 Å². The Morgan fingerprint density at radius 3 is 2.25 bits per heavy atom. The van der Waals surface area contributed by atoms with Crippen LogP contribution in [-0.2, 0) is 6.61 Å². The molecule has 2 aromatic carbocycles. The third kappa shape index (κ3) is 7.14. The highest BCUT2D eigenvalue weighted by molar-refractivity contribution is 5.79. The van der Waals surface area contributed by atoms with Crippen LogP contribution in [0.2, 0.25) is 0 Å². The molecule has 0 saturated heterocycles. The maximum absolute atomic E-state index is 5.96. The molecule has 2 heteroatoms. The molecule has 2 rings (SSSR count). The predicted molar refractivity (Wildman–Crippen MR) is 122 cm³/mol. The molecule has 0 spiro atoms. The largest absolute Gasteiger partial charge is 0.489 e. The summed E-state index contributed by atoms with van der Waals surface area (Å²) in [6, 6.07) is 17.2. The van der Waals surface area contributed by atoms with E-state index in [1.54, 1.807) is 0 Å². The molecular formula is C26H37NO. The molecule has 0 saturated carbocycles. The van der Waals surface area contributed by atoms with E-state index in [9.17, 15) is 0 Å². The SMILES string of the molecule is CCCCN=Cc1ccc(OCc2ccc(C(CCC)C(C)CC)cc2)cc1. The number of rotatable bonds is 12. The topological polar surface area (TPSA) is 21.6 Å². The zero-order valence-electron chi connectivity index (χ0n) is 18.2. The van der Waals surface area contributed by atoms with Crippen LogP contribution in [0.1, 0.15) is 82.4 Å². The molecule has 0 aliphatic carbocycles. The second-order valence-electron chi connectivity index (χ2n) is 7.77. The summed E-state index contributed by atoms with van der Waals surface area (Å²) in [6.45, 7) is 10.6. The average Bonchev–Trinajstić information content (AvgIpc) is 2.74. The van der Waals surface area contributed by atoms with Crippen LogP contribution in [0.4, 0.5) is 0 Å². The Morgan fingerprint density at radius 2 is 1.64 bits per heavy atom. The van der Waals surface area contributed by atoms with Crippen molar-refractivity contribution >= 4 is 6.21 Å². The normalized spacial score (nSPS) is 13.6. The molecular weight excluding hydrogens is 342 g/mol. The Labute approximate surface area is 172 Å². The van der Waals surface area contributed by atoms with E-state index < -0.39 is 0 Å². The monoisotopic (exact) mass is 379 g/mol. The fourth-order valence-electron chi connectivity index (χ4n) is 3.47. The zero-order chi connectivity index (χ0) is 20.2. The second kappa shape index (κ2) is 12.4. The van der Waals surface area contributed by atoms with Crippen molar-refractivity contribution in [2.45, 2.75) is 72.3 Å². The van der Waals surface area contributed by atoms with Gasteiger partial charge in [-0.25, -0.2) is 0 Å². The maximum Gasteiger partial charge on any atom is 0.119 e. The molecule has 2 unspecified atom stereocenters. The van der Waals surface area contributed by atoms with Gasteiger partial charge >= 0.3 is 0 Å². The minimum Gasteiger partial charge on any atom is -0.489 e. The summed E-state index contributed by atoms with van der Waals surface area (Å²) in [6.07, 6.45) is 8.00. The van der Waals surface area contributed by atoms with Crippen LogP contribution >= 0.6 is 0 Å². The summed E-state index contributed by atoms with van der Waals surface area (Å²) in [4.78, 5) is 4.44. The lowest BCUT2D eigenvalue weighted by Gasteiger charge is -2.23. The first kappa shape index (κ1) is 22.2. The van der Waals surface area contributed by atoms with E-state index in [4.69, 9.17) is 4.74 Å².